The van der Waals surface area contributed by atoms with Crippen molar-refractivity contribution >= 4 is 28.3 Å². The second-order valence-electron chi connectivity index (χ2n) is 4.73. The highest BCUT2D eigenvalue weighted by molar-refractivity contribution is 7.13. The highest BCUT2D eigenvalue weighted by atomic mass is 32.1. The highest BCUT2D eigenvalue weighted by Gasteiger charge is 2.24. The molecule has 0 spiro atoms. The van der Waals surface area contributed by atoms with Crippen LogP contribution in [0.5, 0.6) is 0 Å². The van der Waals surface area contributed by atoms with Gasteiger partial charge in [0.1, 0.15) is 0 Å². The third kappa shape index (κ3) is 4.86. The number of nitrogens with two attached hydrogens (primary N) is 1. The molecule has 106 valence electrons. The normalized spacial score (nSPS) is 11.1. The molecule has 0 bridgehead atoms. The number of nitrogens with zero attached hydrogens (tertiary/aromatic N) is 1. The van der Waals surface area contributed by atoms with Gasteiger partial charge in [-0.3, -0.25) is 9.59 Å². The smallest absolute Gasteiger partial charge is 0.311 e. The van der Waals surface area contributed by atoms with Crippen molar-refractivity contribution in [3.63, 3.8) is 0 Å². The van der Waals surface area contributed by atoms with Crippen LogP contribution in [0.3, 0.4) is 0 Å². The van der Waals surface area contributed by atoms with E-state index in [1.807, 2.05) is 0 Å². The van der Waals surface area contributed by atoms with Crippen molar-refractivity contribution in [2.24, 2.45) is 11.1 Å². The van der Waals surface area contributed by atoms with Gasteiger partial charge in [0.15, 0.2) is 5.13 Å². The van der Waals surface area contributed by atoms with Crippen molar-refractivity contribution in [3.8, 4) is 0 Å². The summed E-state index contributed by atoms with van der Waals surface area (Å²) in [4.78, 5) is 26.7. The predicted molar refractivity (Wildman–Crippen MR) is 73.9 cm³/mol. The van der Waals surface area contributed by atoms with Crippen LogP contribution in [0.15, 0.2) is 5.38 Å². The highest BCUT2D eigenvalue weighted by Crippen LogP contribution is 2.20. The Kier molecular flexibility index (Phi) is 5.29. The molecule has 0 saturated carbocycles. The van der Waals surface area contributed by atoms with Gasteiger partial charge in [-0.05, 0) is 20.8 Å². The van der Waals surface area contributed by atoms with E-state index < -0.39 is 5.41 Å². The maximum Gasteiger partial charge on any atom is 0.311 e. The average Bonchev–Trinajstić information content (AvgIpc) is 2.74. The Morgan fingerprint density at radius 2 is 2.21 bits per heavy atom. The molecule has 0 aliphatic heterocycles. The van der Waals surface area contributed by atoms with Crippen LogP contribution in [-0.2, 0) is 20.7 Å². The van der Waals surface area contributed by atoms with Gasteiger partial charge in [-0.15, -0.1) is 11.3 Å². The number of carbonyl (C=O) groups excluding carboxylic acids is 2. The Morgan fingerprint density at radius 1 is 1.53 bits per heavy atom. The van der Waals surface area contributed by atoms with Gasteiger partial charge in [0, 0.05) is 11.9 Å². The van der Waals surface area contributed by atoms with Gasteiger partial charge in [0.2, 0.25) is 5.91 Å². The van der Waals surface area contributed by atoms with E-state index >= 15 is 0 Å². The van der Waals surface area contributed by atoms with E-state index in [0.717, 1.165) is 0 Å². The molecule has 0 radical (unpaired) electrons. The van der Waals surface area contributed by atoms with Crippen molar-refractivity contribution in [3.05, 3.63) is 11.1 Å². The first-order valence-corrected chi connectivity index (χ1v) is 6.87. The molecule has 0 aliphatic carbocycles. The maximum atomic E-state index is 11.3. The number of nitrogens with one attached hydrogen (secondary N) is 1. The minimum absolute atomic E-state index is 0.158. The van der Waals surface area contributed by atoms with Gasteiger partial charge in [-0.1, -0.05) is 0 Å². The van der Waals surface area contributed by atoms with Crippen LogP contribution in [0.2, 0.25) is 0 Å². The Balaban J connectivity index is 2.51. The molecule has 7 heteroatoms. The molecule has 1 rings (SSSR count). The molecule has 3 N–H and O–H groups in total. The maximum absolute atomic E-state index is 11.3. The molecule has 0 fully saturated rings. The van der Waals surface area contributed by atoms with Crippen molar-refractivity contribution in [2.75, 3.05) is 18.5 Å². The SMILES string of the molecule is CCOC(=O)Cc1csc(NCC(C)(C)C(N)=O)n1. The van der Waals surface area contributed by atoms with Gasteiger partial charge >= 0.3 is 5.97 Å². The summed E-state index contributed by atoms with van der Waals surface area (Å²) in [5.41, 5.74) is 5.29. The molecule has 0 saturated heterocycles. The summed E-state index contributed by atoms with van der Waals surface area (Å²) in [6.07, 6.45) is 0.158. The van der Waals surface area contributed by atoms with Crippen molar-refractivity contribution in [2.45, 2.75) is 27.2 Å². The van der Waals surface area contributed by atoms with Crippen molar-refractivity contribution < 1.29 is 14.3 Å². The molecule has 19 heavy (non-hydrogen) atoms. The Labute approximate surface area is 116 Å². The number of carbonyl (C=O) groups is 2. The molecular formula is C12H19N3O3S. The largest absolute Gasteiger partial charge is 0.466 e. The first-order valence-electron chi connectivity index (χ1n) is 5.99. The van der Waals surface area contributed by atoms with Crippen LogP contribution < -0.4 is 11.1 Å². The van der Waals surface area contributed by atoms with Gasteiger partial charge in [-0.25, -0.2) is 4.98 Å². The third-order valence-electron chi connectivity index (χ3n) is 2.53. The number of esters is 1. The molecule has 1 aromatic rings. The summed E-state index contributed by atoms with van der Waals surface area (Å²) in [6.45, 7) is 6.04. The lowest BCUT2D eigenvalue weighted by Gasteiger charge is -2.20. The van der Waals surface area contributed by atoms with Crippen molar-refractivity contribution in [1.82, 2.24) is 4.98 Å². The number of hydrogen-bond acceptors (Lipinski definition) is 6. The molecule has 0 aromatic carbocycles. The van der Waals surface area contributed by atoms with E-state index in [1.165, 1.54) is 11.3 Å². The lowest BCUT2D eigenvalue weighted by atomic mass is 9.93. The monoisotopic (exact) mass is 285 g/mol. The lowest BCUT2D eigenvalue weighted by Crippen LogP contribution is -2.37. The summed E-state index contributed by atoms with van der Waals surface area (Å²) < 4.78 is 4.84. The number of thiazole rings is 1. The zero-order valence-corrected chi connectivity index (χ0v) is 12.2. The quantitative estimate of drug-likeness (QED) is 0.733. The first kappa shape index (κ1) is 15.4. The van der Waals surface area contributed by atoms with E-state index in [4.69, 9.17) is 10.5 Å². The molecule has 0 aliphatic rings. The Bertz CT molecular complexity index is 457. The molecule has 1 heterocycles. The van der Waals surface area contributed by atoms with Gasteiger partial charge < -0.3 is 15.8 Å². The zero-order chi connectivity index (χ0) is 14.5. The van der Waals surface area contributed by atoms with E-state index in [0.29, 0.717) is 24.0 Å². The zero-order valence-electron chi connectivity index (χ0n) is 11.4. The topological polar surface area (TPSA) is 94.3 Å². The van der Waals surface area contributed by atoms with E-state index in [2.05, 4.69) is 10.3 Å². The van der Waals surface area contributed by atoms with Gasteiger partial charge in [-0.2, -0.15) is 0 Å². The fraction of sp³-hybridized carbons (Fsp3) is 0.583. The summed E-state index contributed by atoms with van der Waals surface area (Å²) in [7, 11) is 0. The second-order valence-corrected chi connectivity index (χ2v) is 5.59. The molecule has 1 aromatic heterocycles. The van der Waals surface area contributed by atoms with Gasteiger partial charge in [0.25, 0.3) is 0 Å². The number of ether oxygens (including phenoxy) is 1. The van der Waals surface area contributed by atoms with Crippen LogP contribution in [0.25, 0.3) is 0 Å². The van der Waals surface area contributed by atoms with E-state index in [9.17, 15) is 9.59 Å². The molecule has 0 atom stereocenters. The molecule has 0 unspecified atom stereocenters. The third-order valence-corrected chi connectivity index (χ3v) is 3.38. The van der Waals surface area contributed by atoms with Gasteiger partial charge in [0.05, 0.1) is 24.1 Å². The molecule has 6 nitrogen and oxygen atoms in total. The minimum atomic E-state index is -0.646. The first-order chi connectivity index (χ1) is 8.85. The number of aromatic nitrogens is 1. The number of primary amides is 1. The van der Waals surface area contributed by atoms with Crippen molar-refractivity contribution in [1.29, 1.82) is 0 Å². The second kappa shape index (κ2) is 6.51. The Hall–Kier alpha value is -1.63. The Morgan fingerprint density at radius 3 is 2.79 bits per heavy atom. The predicted octanol–water partition coefficient (Wildman–Crippen LogP) is 1.17. The minimum Gasteiger partial charge on any atom is -0.466 e. The number of hydrogen-bond donors (Lipinski definition) is 2. The summed E-state index contributed by atoms with van der Waals surface area (Å²) in [5.74, 6) is -0.667. The van der Waals surface area contributed by atoms with Crippen LogP contribution in [0.4, 0.5) is 5.13 Å². The van der Waals surface area contributed by atoms with Crippen LogP contribution in [-0.4, -0.2) is 30.0 Å². The van der Waals surface area contributed by atoms with Crippen LogP contribution in [0, 0.1) is 5.41 Å². The fourth-order valence-corrected chi connectivity index (χ4v) is 1.92. The lowest BCUT2D eigenvalue weighted by molar-refractivity contribution is -0.142. The molecule has 1 amide bonds. The number of rotatable bonds is 7. The van der Waals surface area contributed by atoms with Crippen LogP contribution in [0.1, 0.15) is 26.5 Å². The van der Waals surface area contributed by atoms with E-state index in [-0.39, 0.29) is 18.3 Å². The standard InChI is InChI=1S/C12H19N3O3S/c1-4-18-9(16)5-8-6-19-11(15-8)14-7-12(2,3)10(13)17/h6H,4-5,7H2,1-3H3,(H2,13,17)(H,14,15). The summed E-state index contributed by atoms with van der Waals surface area (Å²) in [6, 6.07) is 0. The van der Waals surface area contributed by atoms with E-state index in [1.54, 1.807) is 26.2 Å². The average molecular weight is 285 g/mol. The number of amides is 1. The summed E-state index contributed by atoms with van der Waals surface area (Å²) in [5, 5.41) is 5.50. The fourth-order valence-electron chi connectivity index (χ4n) is 1.21. The summed E-state index contributed by atoms with van der Waals surface area (Å²) >= 11 is 1.38. The molecular weight excluding hydrogens is 266 g/mol. The number of anilines is 1. The van der Waals surface area contributed by atoms with Crippen LogP contribution >= 0.6 is 11.3 Å².